The lowest BCUT2D eigenvalue weighted by Gasteiger charge is -2.34. The Hall–Kier alpha value is -6.37. The van der Waals surface area contributed by atoms with Gasteiger partial charge in [-0.1, -0.05) is 24.3 Å². The number of hydrogen-bond donors (Lipinski definition) is 0. The highest BCUT2D eigenvalue weighted by Crippen LogP contribution is 2.56. The average molecular weight is 720 g/mol. The van der Waals surface area contributed by atoms with Crippen molar-refractivity contribution in [1.82, 2.24) is 4.57 Å². The molecule has 3 atom stereocenters. The van der Waals surface area contributed by atoms with Crippen LogP contribution in [0.5, 0.6) is 46.0 Å². The molecule has 1 aliphatic carbocycles. The Kier molecular flexibility index (Phi) is 7.79. The number of methoxy groups -OCH3 is 3. The van der Waals surface area contributed by atoms with Crippen LogP contribution in [0.2, 0.25) is 0 Å². The third-order valence-electron chi connectivity index (χ3n) is 10.4. The molecule has 0 bridgehead atoms. The Morgan fingerprint density at radius 1 is 0.811 bits per heavy atom. The second-order valence-corrected chi connectivity index (χ2v) is 13.2. The summed E-state index contributed by atoms with van der Waals surface area (Å²) in [5.74, 6) is -0.520. The average Bonchev–Trinajstić information content (AvgIpc) is 4.00. The maximum atomic E-state index is 14.1. The number of para-hydroxylation sites is 1. The minimum Gasteiger partial charge on any atom is -0.493 e. The summed E-state index contributed by atoms with van der Waals surface area (Å²) < 4.78 is 53.1. The van der Waals surface area contributed by atoms with Crippen LogP contribution in [0.3, 0.4) is 0 Å². The van der Waals surface area contributed by atoms with E-state index in [1.807, 2.05) is 41.0 Å². The van der Waals surface area contributed by atoms with E-state index in [0.717, 1.165) is 11.1 Å². The first-order chi connectivity index (χ1) is 25.9. The number of rotatable bonds is 9. The van der Waals surface area contributed by atoms with Crippen molar-refractivity contribution in [1.29, 1.82) is 0 Å². The van der Waals surface area contributed by atoms with Crippen molar-refractivity contribution in [2.45, 2.75) is 18.9 Å². The topological polar surface area (TPSA) is 139 Å². The van der Waals surface area contributed by atoms with E-state index in [9.17, 15) is 14.4 Å². The van der Waals surface area contributed by atoms with E-state index < -0.39 is 23.6 Å². The van der Waals surface area contributed by atoms with Gasteiger partial charge in [0.2, 0.25) is 25.1 Å². The SMILES string of the molecule is COc1cc([C@@H]2c3cc4c(c(OC(=O)C(=O)c5cn(Cc6ccc7c(c6)OCO7)c6ccccc56)c3C[C@H]3COC(=O)[C@@H]32)OCO4)cc(OC)c1OC. The van der Waals surface area contributed by atoms with Gasteiger partial charge in [0.1, 0.15) is 0 Å². The van der Waals surface area contributed by atoms with Crippen molar-refractivity contribution in [3.8, 4) is 46.0 Å². The maximum absolute atomic E-state index is 14.1. The lowest BCUT2D eigenvalue weighted by molar-refractivity contribution is -0.141. The fraction of sp³-hybridized carbons (Fsp3) is 0.275. The molecule has 0 spiro atoms. The van der Waals surface area contributed by atoms with E-state index in [1.54, 1.807) is 30.5 Å². The molecular formula is C40H33NO12. The van der Waals surface area contributed by atoms with E-state index in [0.29, 0.717) is 69.5 Å². The summed E-state index contributed by atoms with van der Waals surface area (Å²) in [5, 5.41) is 0.599. The van der Waals surface area contributed by atoms with E-state index in [2.05, 4.69) is 0 Å². The lowest BCUT2D eigenvalue weighted by Crippen LogP contribution is -2.32. The standard InChI is InChI=1S/C40H33NO12/c1-45-30-12-21(13-31(46-2)37(30)47-3)33-24-14-32-38(52-19-51-32)36(25(24)11-22-17-48-39(43)34(22)33)53-40(44)35(42)26-16-41(27-7-5-4-6-23(26)27)15-20-8-9-28-29(10-20)50-18-49-28/h4-10,12-14,16,22,33-34H,11,15,17-19H2,1-3H3/t22-,33+,34-/m0/s1. The monoisotopic (exact) mass is 719 g/mol. The van der Waals surface area contributed by atoms with Crippen molar-refractivity contribution in [2.75, 3.05) is 41.5 Å². The van der Waals surface area contributed by atoms with Gasteiger partial charge in [0.25, 0.3) is 5.78 Å². The van der Waals surface area contributed by atoms with Crippen LogP contribution < -0.4 is 37.9 Å². The van der Waals surface area contributed by atoms with Crippen LogP contribution in [0.1, 0.15) is 38.5 Å². The summed E-state index contributed by atoms with van der Waals surface area (Å²) in [5.41, 5.74) is 3.85. The van der Waals surface area contributed by atoms with Crippen LogP contribution in [0, 0.1) is 11.8 Å². The second kappa shape index (κ2) is 12.7. The predicted molar refractivity (Wildman–Crippen MR) is 186 cm³/mol. The Bertz CT molecular complexity index is 2320. The van der Waals surface area contributed by atoms with Gasteiger partial charge in [-0.2, -0.15) is 0 Å². The molecular weight excluding hydrogens is 686 g/mol. The number of esters is 2. The number of carbonyl (C=O) groups excluding carboxylic acids is 3. The van der Waals surface area contributed by atoms with Gasteiger partial charge in [-0.15, -0.1) is 0 Å². The van der Waals surface area contributed by atoms with Crippen LogP contribution in [0.4, 0.5) is 0 Å². The highest BCUT2D eigenvalue weighted by molar-refractivity contribution is 6.43. The van der Waals surface area contributed by atoms with Gasteiger partial charge < -0.3 is 47.2 Å². The number of fused-ring (bicyclic) bond motifs is 5. The van der Waals surface area contributed by atoms with Crippen LogP contribution in [-0.4, -0.2) is 63.8 Å². The molecule has 13 heteroatoms. The molecule has 0 N–H and O–H groups in total. The number of nitrogens with zero attached hydrogens (tertiary/aromatic N) is 1. The molecule has 53 heavy (non-hydrogen) atoms. The molecule has 4 aromatic carbocycles. The normalized spacial score (nSPS) is 19.0. The minimum atomic E-state index is -1.09. The van der Waals surface area contributed by atoms with Gasteiger partial charge in [-0.25, -0.2) is 4.79 Å². The first kappa shape index (κ1) is 32.5. The number of ketones is 1. The molecule has 270 valence electrons. The number of ether oxygens (including phenoxy) is 9. The molecule has 13 nitrogen and oxygen atoms in total. The van der Waals surface area contributed by atoms with E-state index >= 15 is 0 Å². The molecule has 0 unspecified atom stereocenters. The zero-order chi connectivity index (χ0) is 36.4. The molecule has 1 fully saturated rings. The zero-order valence-corrected chi connectivity index (χ0v) is 29.0. The summed E-state index contributed by atoms with van der Waals surface area (Å²) >= 11 is 0. The van der Waals surface area contributed by atoms with E-state index in [4.69, 9.17) is 42.6 Å². The molecule has 0 amide bonds. The van der Waals surface area contributed by atoms with Gasteiger partial charge in [0.05, 0.1) is 39.4 Å². The molecule has 5 aromatic rings. The summed E-state index contributed by atoms with van der Waals surface area (Å²) in [6.07, 6.45) is 1.99. The fourth-order valence-corrected chi connectivity index (χ4v) is 8.01. The summed E-state index contributed by atoms with van der Waals surface area (Å²) in [7, 11) is 4.55. The van der Waals surface area contributed by atoms with Crippen molar-refractivity contribution in [3.05, 3.63) is 94.7 Å². The van der Waals surface area contributed by atoms with Gasteiger partial charge in [0, 0.05) is 41.0 Å². The summed E-state index contributed by atoms with van der Waals surface area (Å²) in [6.45, 7) is 0.632. The Balaban J connectivity index is 1.10. The Morgan fingerprint density at radius 2 is 1.57 bits per heavy atom. The van der Waals surface area contributed by atoms with Crippen LogP contribution in [0.15, 0.2) is 66.9 Å². The van der Waals surface area contributed by atoms with Crippen LogP contribution >= 0.6 is 0 Å². The predicted octanol–water partition coefficient (Wildman–Crippen LogP) is 5.44. The van der Waals surface area contributed by atoms with E-state index in [1.165, 1.54) is 21.3 Å². The van der Waals surface area contributed by atoms with Crippen molar-refractivity contribution in [2.24, 2.45) is 11.8 Å². The highest BCUT2D eigenvalue weighted by atomic mass is 16.7. The lowest BCUT2D eigenvalue weighted by atomic mass is 9.67. The van der Waals surface area contributed by atoms with Gasteiger partial charge >= 0.3 is 11.9 Å². The van der Waals surface area contributed by atoms with Crippen molar-refractivity contribution in [3.63, 3.8) is 0 Å². The smallest absolute Gasteiger partial charge is 0.385 e. The largest absolute Gasteiger partial charge is 0.493 e. The first-order valence-corrected chi connectivity index (χ1v) is 17.0. The Labute approximate surface area is 302 Å². The molecule has 4 heterocycles. The van der Waals surface area contributed by atoms with Crippen LogP contribution in [-0.2, 0) is 27.3 Å². The molecule has 3 aliphatic heterocycles. The molecule has 0 radical (unpaired) electrons. The van der Waals surface area contributed by atoms with Crippen LogP contribution in [0.25, 0.3) is 10.9 Å². The molecule has 9 rings (SSSR count). The maximum Gasteiger partial charge on any atom is 0.385 e. The zero-order valence-electron chi connectivity index (χ0n) is 29.0. The quantitative estimate of drug-likeness (QED) is 0.0830. The third-order valence-corrected chi connectivity index (χ3v) is 10.4. The highest BCUT2D eigenvalue weighted by Gasteiger charge is 2.50. The number of cyclic esters (lactones) is 1. The molecule has 1 saturated heterocycles. The number of hydrogen-bond acceptors (Lipinski definition) is 12. The summed E-state index contributed by atoms with van der Waals surface area (Å²) in [4.78, 5) is 41.4. The van der Waals surface area contributed by atoms with Gasteiger partial charge in [-0.3, -0.25) is 9.59 Å². The third kappa shape index (κ3) is 5.25. The molecule has 4 aliphatic rings. The van der Waals surface area contributed by atoms with Gasteiger partial charge in [-0.05, 0) is 59.5 Å². The number of Topliss-reactive ketones (excluding diaryl/α,β-unsaturated/α-hetero) is 1. The minimum absolute atomic E-state index is 0.0766. The van der Waals surface area contributed by atoms with Crippen molar-refractivity contribution >= 4 is 28.6 Å². The van der Waals surface area contributed by atoms with Gasteiger partial charge in [0.15, 0.2) is 34.5 Å². The number of benzene rings is 4. The number of aromatic nitrogens is 1. The number of carbonyl (C=O) groups is 3. The fourth-order valence-electron chi connectivity index (χ4n) is 8.01. The Morgan fingerprint density at radius 3 is 2.36 bits per heavy atom. The molecule has 1 aromatic heterocycles. The van der Waals surface area contributed by atoms with E-state index in [-0.39, 0.29) is 49.1 Å². The first-order valence-electron chi connectivity index (χ1n) is 17.0. The van der Waals surface area contributed by atoms with Crippen molar-refractivity contribution < 1.29 is 57.0 Å². The molecule has 0 saturated carbocycles. The second-order valence-electron chi connectivity index (χ2n) is 13.2. The summed E-state index contributed by atoms with van der Waals surface area (Å²) in [6, 6.07) is 18.4.